The number of hydrogen-bond acceptors (Lipinski definition) is 5. The normalized spacial score (nSPS) is 22.9. The van der Waals surface area contributed by atoms with Gasteiger partial charge in [-0.2, -0.15) is 0 Å². The molecule has 0 N–H and O–H groups in total. The number of fused-ring (bicyclic) bond motifs is 6. The molecule has 2 amide bonds. The zero-order valence-corrected chi connectivity index (χ0v) is 22.4. The van der Waals surface area contributed by atoms with Crippen LogP contribution in [0.5, 0.6) is 0 Å². The van der Waals surface area contributed by atoms with Gasteiger partial charge in [-0.3, -0.25) is 9.59 Å². The van der Waals surface area contributed by atoms with Crippen LogP contribution in [0.15, 0.2) is 56.3 Å². The molecule has 3 unspecified atom stereocenters. The molecule has 3 fully saturated rings. The molecule has 0 radical (unpaired) electrons. The molecule has 3 atom stereocenters. The topological polar surface area (TPSA) is 84.0 Å². The van der Waals surface area contributed by atoms with E-state index < -0.39 is 5.63 Å². The second-order valence-corrected chi connectivity index (χ2v) is 11.6. The van der Waals surface area contributed by atoms with Crippen molar-refractivity contribution in [3.63, 3.8) is 0 Å². The van der Waals surface area contributed by atoms with E-state index in [1.165, 1.54) is 0 Å². The van der Waals surface area contributed by atoms with Crippen molar-refractivity contribution < 1.29 is 18.4 Å². The lowest BCUT2D eigenvalue weighted by molar-refractivity contribution is -0.148. The van der Waals surface area contributed by atoms with Crippen LogP contribution < -0.4 is 5.63 Å². The number of benzene rings is 2. The summed E-state index contributed by atoms with van der Waals surface area (Å²) in [5.74, 6) is 0.838. The SMILES string of the molecule is Cc1c(CC(=O)N2CC3CC(C2)C2CCCC(=O)N2C3)c(=O)oc2c(C)c3occ(-c4ccccc4)c3cc12. The molecule has 3 saturated heterocycles. The van der Waals surface area contributed by atoms with Crippen LogP contribution in [0.2, 0.25) is 0 Å². The summed E-state index contributed by atoms with van der Waals surface area (Å²) >= 11 is 0. The van der Waals surface area contributed by atoms with E-state index in [1.807, 2.05) is 55.1 Å². The molecule has 200 valence electrons. The van der Waals surface area contributed by atoms with Crippen LogP contribution in [0, 0.1) is 25.7 Å². The van der Waals surface area contributed by atoms with Crippen LogP contribution in [0.1, 0.15) is 42.4 Å². The minimum atomic E-state index is -0.466. The zero-order chi connectivity index (χ0) is 26.8. The number of amides is 2. The largest absolute Gasteiger partial charge is 0.463 e. The van der Waals surface area contributed by atoms with Gasteiger partial charge in [0.25, 0.3) is 0 Å². The predicted molar refractivity (Wildman–Crippen MR) is 148 cm³/mol. The molecule has 5 heterocycles. The highest BCUT2D eigenvalue weighted by Gasteiger charge is 2.44. The Bertz CT molecular complexity index is 1680. The summed E-state index contributed by atoms with van der Waals surface area (Å²) in [6.07, 6.45) is 5.43. The average molecular weight is 525 g/mol. The molecule has 2 aromatic carbocycles. The maximum Gasteiger partial charge on any atom is 0.340 e. The maximum atomic E-state index is 13.6. The third-order valence-electron chi connectivity index (χ3n) is 9.29. The first kappa shape index (κ1) is 24.2. The molecule has 3 aliphatic heterocycles. The monoisotopic (exact) mass is 524 g/mol. The minimum absolute atomic E-state index is 0.0187. The summed E-state index contributed by atoms with van der Waals surface area (Å²) in [6, 6.07) is 12.3. The molecule has 7 nitrogen and oxygen atoms in total. The fourth-order valence-electron chi connectivity index (χ4n) is 7.32. The van der Waals surface area contributed by atoms with Crippen molar-refractivity contribution in [2.45, 2.75) is 52.0 Å². The van der Waals surface area contributed by atoms with Gasteiger partial charge in [-0.1, -0.05) is 30.3 Å². The van der Waals surface area contributed by atoms with Crippen molar-refractivity contribution in [1.29, 1.82) is 0 Å². The van der Waals surface area contributed by atoms with Crippen molar-refractivity contribution in [3.8, 4) is 11.1 Å². The van der Waals surface area contributed by atoms with Gasteiger partial charge in [0.2, 0.25) is 11.8 Å². The second-order valence-electron chi connectivity index (χ2n) is 11.6. The first-order valence-electron chi connectivity index (χ1n) is 14.0. The van der Waals surface area contributed by atoms with Crippen molar-refractivity contribution in [2.75, 3.05) is 19.6 Å². The van der Waals surface area contributed by atoms with E-state index in [2.05, 4.69) is 4.90 Å². The van der Waals surface area contributed by atoms with Gasteiger partial charge in [-0.25, -0.2) is 4.79 Å². The van der Waals surface area contributed by atoms with Crippen LogP contribution in [0.4, 0.5) is 0 Å². The van der Waals surface area contributed by atoms with E-state index in [9.17, 15) is 14.4 Å². The van der Waals surface area contributed by atoms with Gasteiger partial charge in [0.05, 0.1) is 18.2 Å². The van der Waals surface area contributed by atoms with Crippen molar-refractivity contribution in [3.05, 3.63) is 69.8 Å². The molecule has 2 aromatic heterocycles. The Labute approximate surface area is 226 Å². The van der Waals surface area contributed by atoms with Crippen LogP contribution in [0.3, 0.4) is 0 Å². The van der Waals surface area contributed by atoms with Gasteiger partial charge in [-0.15, -0.1) is 0 Å². The van der Waals surface area contributed by atoms with Gasteiger partial charge >= 0.3 is 5.63 Å². The van der Waals surface area contributed by atoms with Crippen LogP contribution in [0.25, 0.3) is 33.1 Å². The highest BCUT2D eigenvalue weighted by Crippen LogP contribution is 2.39. The first-order valence-corrected chi connectivity index (χ1v) is 14.0. The predicted octanol–water partition coefficient (Wildman–Crippen LogP) is 5.22. The summed E-state index contributed by atoms with van der Waals surface area (Å²) in [4.78, 5) is 43.3. The van der Waals surface area contributed by atoms with Crippen LogP contribution in [-0.2, 0) is 16.0 Å². The molecule has 0 aliphatic carbocycles. The molecule has 0 saturated carbocycles. The highest BCUT2D eigenvalue weighted by atomic mass is 16.4. The Morgan fingerprint density at radius 2 is 1.82 bits per heavy atom. The molecule has 3 aliphatic rings. The number of rotatable bonds is 3. The van der Waals surface area contributed by atoms with E-state index in [4.69, 9.17) is 8.83 Å². The van der Waals surface area contributed by atoms with E-state index >= 15 is 0 Å². The number of aryl methyl sites for hydroxylation is 2. The van der Waals surface area contributed by atoms with E-state index in [0.717, 1.165) is 58.8 Å². The molecular formula is C32H32N2O5. The quantitative estimate of drug-likeness (QED) is 0.343. The Balaban J connectivity index is 1.22. The van der Waals surface area contributed by atoms with Crippen LogP contribution in [-0.4, -0.2) is 47.3 Å². The second kappa shape index (κ2) is 9.11. The van der Waals surface area contributed by atoms with Crippen LogP contribution >= 0.6 is 0 Å². The van der Waals surface area contributed by atoms with Gasteiger partial charge < -0.3 is 18.6 Å². The summed E-state index contributed by atoms with van der Waals surface area (Å²) in [7, 11) is 0. The first-order chi connectivity index (χ1) is 18.9. The van der Waals surface area contributed by atoms with Gasteiger partial charge in [-0.05, 0) is 62.1 Å². The molecule has 7 rings (SSSR count). The highest BCUT2D eigenvalue weighted by molar-refractivity contribution is 6.05. The smallest absolute Gasteiger partial charge is 0.340 e. The lowest BCUT2D eigenvalue weighted by Gasteiger charge is -2.52. The number of carbonyl (C=O) groups excluding carboxylic acids is 2. The van der Waals surface area contributed by atoms with Crippen molar-refractivity contribution in [1.82, 2.24) is 9.80 Å². The van der Waals surface area contributed by atoms with E-state index in [0.29, 0.717) is 48.1 Å². The van der Waals surface area contributed by atoms with E-state index in [-0.39, 0.29) is 24.3 Å². The molecule has 2 bridgehead atoms. The standard InChI is InChI=1S/C32H32N2O5/c1-18-23-12-25-26(21-7-4-3-5-8-21)17-38-30(25)19(2)31(23)39-32(37)24(18)13-29(36)33-14-20-11-22(16-33)27-9-6-10-28(35)34(27)15-20/h3-5,7-8,12,17,20,22,27H,6,9-11,13-16H2,1-2H3. The van der Waals surface area contributed by atoms with E-state index in [1.54, 1.807) is 6.26 Å². The zero-order valence-electron chi connectivity index (χ0n) is 22.4. The number of hydrogen-bond donors (Lipinski definition) is 0. The number of nitrogens with zero attached hydrogens (tertiary/aromatic N) is 2. The summed E-state index contributed by atoms with van der Waals surface area (Å²) < 4.78 is 11.8. The fraction of sp³-hybridized carbons (Fsp3) is 0.406. The third-order valence-corrected chi connectivity index (χ3v) is 9.29. The third kappa shape index (κ3) is 3.89. The Morgan fingerprint density at radius 3 is 2.64 bits per heavy atom. The number of carbonyl (C=O) groups is 2. The molecule has 0 spiro atoms. The Hall–Kier alpha value is -3.87. The number of furan rings is 1. The lowest BCUT2D eigenvalue weighted by atomic mass is 9.76. The summed E-state index contributed by atoms with van der Waals surface area (Å²) in [5.41, 5.74) is 4.74. The lowest BCUT2D eigenvalue weighted by Crippen LogP contribution is -2.61. The van der Waals surface area contributed by atoms with Gasteiger partial charge in [0.15, 0.2) is 0 Å². The molecular weight excluding hydrogens is 492 g/mol. The van der Waals surface area contributed by atoms with Crippen molar-refractivity contribution in [2.24, 2.45) is 11.8 Å². The number of piperidine rings is 3. The molecule has 4 aromatic rings. The fourth-order valence-corrected chi connectivity index (χ4v) is 7.32. The van der Waals surface area contributed by atoms with Gasteiger partial charge in [0.1, 0.15) is 11.2 Å². The minimum Gasteiger partial charge on any atom is -0.463 e. The Morgan fingerprint density at radius 1 is 1.00 bits per heavy atom. The summed E-state index contributed by atoms with van der Waals surface area (Å²) in [5, 5.41) is 1.78. The summed E-state index contributed by atoms with van der Waals surface area (Å²) in [6.45, 7) is 5.84. The average Bonchev–Trinajstić information content (AvgIpc) is 3.37. The Kier molecular flexibility index (Phi) is 5.65. The molecule has 39 heavy (non-hydrogen) atoms. The number of likely N-dealkylation sites (tertiary alicyclic amines) is 1. The maximum absolute atomic E-state index is 13.6. The molecule has 7 heteroatoms. The van der Waals surface area contributed by atoms with Gasteiger partial charge in [0, 0.05) is 54.0 Å². The van der Waals surface area contributed by atoms with Crippen molar-refractivity contribution >= 4 is 33.8 Å².